The van der Waals surface area contributed by atoms with Crippen LogP contribution < -0.4 is 20.3 Å². The fraction of sp³-hybridized carbons (Fsp3) is 0.0741. The van der Waals surface area contributed by atoms with Crippen LogP contribution in [0.4, 0.5) is 27.1 Å². The summed E-state index contributed by atoms with van der Waals surface area (Å²) in [4.78, 5) is 14.8. The van der Waals surface area contributed by atoms with E-state index in [0.29, 0.717) is 5.69 Å². The van der Waals surface area contributed by atoms with Crippen LogP contribution in [0.3, 0.4) is 0 Å². The topological polar surface area (TPSA) is 53.6 Å². The molecule has 6 heteroatoms. The van der Waals surface area contributed by atoms with Gasteiger partial charge in [-0.05, 0) is 53.9 Å². The lowest BCUT2D eigenvalue weighted by Gasteiger charge is -2.23. The minimum atomic E-state index is -0.458. The maximum Gasteiger partial charge on any atom is 0.259 e. The molecule has 0 saturated carbocycles. The molecular formula is C27H22FN3O2. The molecule has 0 fully saturated rings. The molecule has 1 heterocycles. The molecule has 4 aromatic rings. The van der Waals surface area contributed by atoms with Gasteiger partial charge in [-0.15, -0.1) is 0 Å². The molecule has 0 aromatic heterocycles. The molecule has 0 aliphatic carbocycles. The smallest absolute Gasteiger partial charge is 0.259 e. The third kappa shape index (κ3) is 3.99. The van der Waals surface area contributed by atoms with Gasteiger partial charge in [-0.2, -0.15) is 0 Å². The number of nitrogens with one attached hydrogen (secondary N) is 2. The van der Waals surface area contributed by atoms with E-state index in [2.05, 4.69) is 45.9 Å². The average Bonchev–Trinajstić information content (AvgIpc) is 3.07. The van der Waals surface area contributed by atoms with Crippen molar-refractivity contribution >= 4 is 39.4 Å². The van der Waals surface area contributed by atoms with Crippen LogP contribution >= 0.6 is 0 Å². The highest BCUT2D eigenvalue weighted by atomic mass is 19.1. The molecule has 0 spiro atoms. The third-order valence-electron chi connectivity index (χ3n) is 5.63. The molecule has 33 heavy (non-hydrogen) atoms. The predicted molar refractivity (Wildman–Crippen MR) is 131 cm³/mol. The first kappa shape index (κ1) is 20.6. The maximum absolute atomic E-state index is 13.4. The second-order valence-corrected chi connectivity index (χ2v) is 7.66. The van der Waals surface area contributed by atoms with E-state index in [0.717, 1.165) is 23.6 Å². The molecule has 2 N–H and O–H groups in total. The lowest BCUT2D eigenvalue weighted by atomic mass is 10.1. The van der Waals surface area contributed by atoms with Gasteiger partial charge in [0.05, 0.1) is 24.0 Å². The predicted octanol–water partition coefficient (Wildman–Crippen LogP) is 6.32. The number of carbonyl (C=O) groups is 1. The number of amides is 1. The van der Waals surface area contributed by atoms with Gasteiger partial charge in [0.2, 0.25) is 0 Å². The first-order valence-electron chi connectivity index (χ1n) is 10.6. The van der Waals surface area contributed by atoms with Crippen molar-refractivity contribution in [3.05, 3.63) is 103 Å². The van der Waals surface area contributed by atoms with Gasteiger partial charge in [-0.3, -0.25) is 4.79 Å². The number of nitrogens with zero attached hydrogens (tertiary/aromatic N) is 1. The van der Waals surface area contributed by atoms with Crippen LogP contribution in [-0.2, 0) is 0 Å². The lowest BCUT2D eigenvalue weighted by molar-refractivity contribution is 0.102. The molecular weight excluding hydrogens is 417 g/mol. The van der Waals surface area contributed by atoms with Crippen molar-refractivity contribution in [2.24, 2.45) is 0 Å². The van der Waals surface area contributed by atoms with E-state index in [4.69, 9.17) is 4.74 Å². The normalized spacial score (nSPS) is 12.6. The number of rotatable bonds is 4. The van der Waals surface area contributed by atoms with Crippen LogP contribution in [0.15, 0.2) is 91.1 Å². The standard InChI is InChI=1S/C27H22FN3O2/c1-33-25-17-19(28)8-13-23(25)27(32)30-20-9-11-21(12-10-20)31-16-4-15-29-26-22-6-3-2-5-18(22)7-14-24(26)31/h2-14,16-17,29H,15H2,1H3,(H,30,32). The summed E-state index contributed by atoms with van der Waals surface area (Å²) in [6.45, 7) is 0.727. The zero-order valence-corrected chi connectivity index (χ0v) is 18.0. The molecule has 5 rings (SSSR count). The molecule has 1 aliphatic rings. The van der Waals surface area contributed by atoms with Crippen molar-refractivity contribution < 1.29 is 13.9 Å². The SMILES string of the molecule is COc1cc(F)ccc1C(=O)Nc1ccc(N2C=CCNc3c2ccc2ccccc32)cc1. The molecule has 4 aromatic carbocycles. The number of halogens is 1. The average molecular weight is 439 g/mol. The van der Waals surface area contributed by atoms with E-state index in [1.165, 1.54) is 36.1 Å². The van der Waals surface area contributed by atoms with Crippen molar-refractivity contribution in [1.29, 1.82) is 0 Å². The number of methoxy groups -OCH3 is 1. The van der Waals surface area contributed by atoms with Crippen LogP contribution in [-0.4, -0.2) is 19.6 Å². The molecule has 5 nitrogen and oxygen atoms in total. The molecule has 1 aliphatic heterocycles. The van der Waals surface area contributed by atoms with E-state index in [1.54, 1.807) is 0 Å². The molecule has 1 amide bonds. The van der Waals surface area contributed by atoms with Crippen LogP contribution in [0, 0.1) is 5.82 Å². The van der Waals surface area contributed by atoms with Crippen molar-refractivity contribution in [1.82, 2.24) is 0 Å². The van der Waals surface area contributed by atoms with Crippen LogP contribution in [0.1, 0.15) is 10.4 Å². The minimum absolute atomic E-state index is 0.190. The van der Waals surface area contributed by atoms with Crippen LogP contribution in [0.2, 0.25) is 0 Å². The fourth-order valence-electron chi connectivity index (χ4n) is 4.03. The zero-order valence-electron chi connectivity index (χ0n) is 18.0. The Hall–Kier alpha value is -4.32. The second kappa shape index (κ2) is 8.67. The minimum Gasteiger partial charge on any atom is -0.496 e. The summed E-state index contributed by atoms with van der Waals surface area (Å²) >= 11 is 0. The summed E-state index contributed by atoms with van der Waals surface area (Å²) < 4.78 is 18.6. The summed E-state index contributed by atoms with van der Waals surface area (Å²) in [5.74, 6) is -0.633. The summed E-state index contributed by atoms with van der Waals surface area (Å²) in [7, 11) is 1.41. The third-order valence-corrected chi connectivity index (χ3v) is 5.63. The Morgan fingerprint density at radius 3 is 2.67 bits per heavy atom. The fourth-order valence-corrected chi connectivity index (χ4v) is 4.03. The quantitative estimate of drug-likeness (QED) is 0.391. The Kier molecular flexibility index (Phi) is 5.40. The van der Waals surface area contributed by atoms with Gasteiger partial charge in [0.15, 0.2) is 0 Å². The van der Waals surface area contributed by atoms with Crippen molar-refractivity contribution in [2.75, 3.05) is 29.2 Å². The lowest BCUT2D eigenvalue weighted by Crippen LogP contribution is -2.14. The first-order valence-corrected chi connectivity index (χ1v) is 10.6. The van der Waals surface area contributed by atoms with E-state index in [9.17, 15) is 9.18 Å². The molecule has 164 valence electrons. The van der Waals surface area contributed by atoms with E-state index < -0.39 is 5.82 Å². The van der Waals surface area contributed by atoms with Crippen LogP contribution in [0.25, 0.3) is 10.8 Å². The highest BCUT2D eigenvalue weighted by Crippen LogP contribution is 2.39. The van der Waals surface area contributed by atoms with Crippen LogP contribution in [0.5, 0.6) is 5.75 Å². The largest absolute Gasteiger partial charge is 0.496 e. The highest BCUT2D eigenvalue weighted by molar-refractivity contribution is 6.06. The maximum atomic E-state index is 13.4. The van der Waals surface area contributed by atoms with E-state index in [1.807, 2.05) is 42.6 Å². The van der Waals surface area contributed by atoms with Gasteiger partial charge in [-0.1, -0.05) is 30.3 Å². The molecule has 0 atom stereocenters. The van der Waals surface area contributed by atoms with Gasteiger partial charge < -0.3 is 20.3 Å². The summed E-state index contributed by atoms with van der Waals surface area (Å²) in [6.07, 6.45) is 4.12. The van der Waals surface area contributed by atoms with E-state index >= 15 is 0 Å². The van der Waals surface area contributed by atoms with Gasteiger partial charge in [0.25, 0.3) is 5.91 Å². The second-order valence-electron chi connectivity index (χ2n) is 7.66. The zero-order chi connectivity index (χ0) is 22.8. The van der Waals surface area contributed by atoms with Crippen molar-refractivity contribution in [3.63, 3.8) is 0 Å². The van der Waals surface area contributed by atoms with Gasteiger partial charge in [0.1, 0.15) is 11.6 Å². The first-order chi connectivity index (χ1) is 16.1. The van der Waals surface area contributed by atoms with Gasteiger partial charge in [-0.25, -0.2) is 4.39 Å². The number of fused-ring (bicyclic) bond motifs is 3. The number of benzene rings is 4. The van der Waals surface area contributed by atoms with Gasteiger partial charge >= 0.3 is 0 Å². The number of hydrogen-bond acceptors (Lipinski definition) is 4. The molecule has 0 unspecified atom stereocenters. The highest BCUT2D eigenvalue weighted by Gasteiger charge is 2.17. The Bertz CT molecular complexity index is 1370. The molecule has 0 radical (unpaired) electrons. The Labute approximate surface area is 191 Å². The summed E-state index contributed by atoms with van der Waals surface area (Å²) in [5.41, 5.74) is 3.99. The summed E-state index contributed by atoms with van der Waals surface area (Å²) in [6, 6.07) is 24.0. The number of anilines is 4. The van der Waals surface area contributed by atoms with E-state index in [-0.39, 0.29) is 17.2 Å². The Balaban J connectivity index is 1.42. The Morgan fingerprint density at radius 2 is 1.85 bits per heavy atom. The van der Waals surface area contributed by atoms with Crippen molar-refractivity contribution in [3.8, 4) is 5.75 Å². The monoisotopic (exact) mass is 439 g/mol. The molecule has 0 saturated heterocycles. The Morgan fingerprint density at radius 1 is 1.03 bits per heavy atom. The number of hydrogen-bond donors (Lipinski definition) is 2. The number of ether oxygens (including phenoxy) is 1. The summed E-state index contributed by atoms with van der Waals surface area (Å²) in [5, 5.41) is 8.71. The number of carbonyl (C=O) groups excluding carboxylic acids is 1. The van der Waals surface area contributed by atoms with Gasteiger partial charge in [0, 0.05) is 35.6 Å². The van der Waals surface area contributed by atoms with Crippen molar-refractivity contribution in [2.45, 2.75) is 0 Å². The molecule has 0 bridgehead atoms.